The standard InChI is InChI=1S/C18H27NO3/c1-17(2,3)15(20)14(19-18(4,5)6)11-12-9-7-8-10-13(12)16(21)22/h7-10,14,19H,11H2,1-6H3,(H,21,22)/t14-/m0/s1. The van der Waals surface area contributed by atoms with Gasteiger partial charge in [0.1, 0.15) is 0 Å². The number of hydrogen-bond donors (Lipinski definition) is 2. The predicted molar refractivity (Wildman–Crippen MR) is 88.2 cm³/mol. The molecule has 0 aromatic heterocycles. The molecule has 0 spiro atoms. The van der Waals surface area contributed by atoms with Gasteiger partial charge in [-0.15, -0.1) is 0 Å². The molecule has 0 aliphatic heterocycles. The lowest BCUT2D eigenvalue weighted by molar-refractivity contribution is -0.128. The number of carboxylic acid groups (broad SMARTS) is 1. The third-order valence-electron chi connectivity index (χ3n) is 3.33. The molecule has 122 valence electrons. The second-order valence-electron chi connectivity index (χ2n) is 7.73. The average molecular weight is 305 g/mol. The van der Waals surface area contributed by atoms with E-state index in [1.54, 1.807) is 24.3 Å². The Labute approximate surface area is 132 Å². The summed E-state index contributed by atoms with van der Waals surface area (Å²) >= 11 is 0. The molecule has 0 radical (unpaired) electrons. The molecule has 0 heterocycles. The summed E-state index contributed by atoms with van der Waals surface area (Å²) in [5.74, 6) is -0.879. The first-order valence-corrected chi connectivity index (χ1v) is 7.55. The number of carbonyl (C=O) groups is 2. The van der Waals surface area contributed by atoms with Crippen LogP contribution in [0.5, 0.6) is 0 Å². The number of aromatic carboxylic acids is 1. The minimum absolute atomic E-state index is 0.0858. The summed E-state index contributed by atoms with van der Waals surface area (Å²) in [7, 11) is 0. The molecule has 0 amide bonds. The van der Waals surface area contributed by atoms with Crippen LogP contribution < -0.4 is 5.32 Å². The van der Waals surface area contributed by atoms with Gasteiger partial charge in [0.05, 0.1) is 11.6 Å². The van der Waals surface area contributed by atoms with Gasteiger partial charge in [-0.25, -0.2) is 4.79 Å². The van der Waals surface area contributed by atoms with Crippen LogP contribution in [0.4, 0.5) is 0 Å². The van der Waals surface area contributed by atoms with Crippen LogP contribution in [0.25, 0.3) is 0 Å². The van der Waals surface area contributed by atoms with E-state index in [0.717, 1.165) is 0 Å². The number of rotatable bonds is 5. The van der Waals surface area contributed by atoms with Gasteiger partial charge < -0.3 is 10.4 Å². The predicted octanol–water partition coefficient (Wildman–Crippen LogP) is 3.30. The maximum atomic E-state index is 12.7. The summed E-state index contributed by atoms with van der Waals surface area (Å²) < 4.78 is 0. The molecule has 1 aromatic carbocycles. The molecule has 1 rings (SSSR count). The fourth-order valence-corrected chi connectivity index (χ4v) is 2.38. The van der Waals surface area contributed by atoms with Crippen molar-refractivity contribution in [2.45, 2.75) is 59.5 Å². The number of nitrogens with one attached hydrogen (secondary N) is 1. The molecule has 0 aliphatic carbocycles. The summed E-state index contributed by atoms with van der Waals surface area (Å²) in [6, 6.07) is 6.44. The lowest BCUT2D eigenvalue weighted by atomic mass is 9.83. The van der Waals surface area contributed by atoms with Gasteiger partial charge in [-0.05, 0) is 38.8 Å². The molecule has 1 atom stereocenters. The summed E-state index contributed by atoms with van der Waals surface area (Å²) in [5.41, 5.74) is 0.212. The van der Waals surface area contributed by atoms with Crippen molar-refractivity contribution in [3.63, 3.8) is 0 Å². The van der Waals surface area contributed by atoms with Crippen LogP contribution in [0.15, 0.2) is 24.3 Å². The Balaban J connectivity index is 3.14. The van der Waals surface area contributed by atoms with Crippen LogP contribution in [0.3, 0.4) is 0 Å². The molecular formula is C18H27NO3. The molecule has 0 aliphatic rings. The zero-order valence-corrected chi connectivity index (χ0v) is 14.4. The van der Waals surface area contributed by atoms with Crippen molar-refractivity contribution in [3.05, 3.63) is 35.4 Å². The van der Waals surface area contributed by atoms with Gasteiger partial charge in [0.25, 0.3) is 0 Å². The molecule has 0 unspecified atom stereocenters. The number of benzene rings is 1. The summed E-state index contributed by atoms with van der Waals surface area (Å²) in [5, 5.41) is 12.6. The van der Waals surface area contributed by atoms with Crippen LogP contribution in [0.2, 0.25) is 0 Å². The van der Waals surface area contributed by atoms with E-state index in [-0.39, 0.29) is 16.9 Å². The van der Waals surface area contributed by atoms with Crippen molar-refractivity contribution in [3.8, 4) is 0 Å². The molecule has 1 aromatic rings. The van der Waals surface area contributed by atoms with Gasteiger partial charge in [0.15, 0.2) is 5.78 Å². The quantitative estimate of drug-likeness (QED) is 0.876. The van der Waals surface area contributed by atoms with E-state index in [9.17, 15) is 14.7 Å². The van der Waals surface area contributed by atoms with Crippen LogP contribution in [-0.4, -0.2) is 28.4 Å². The van der Waals surface area contributed by atoms with E-state index in [4.69, 9.17) is 0 Å². The number of carbonyl (C=O) groups excluding carboxylic acids is 1. The van der Waals surface area contributed by atoms with Gasteiger partial charge in [0, 0.05) is 11.0 Å². The Morgan fingerprint density at radius 1 is 1.09 bits per heavy atom. The summed E-state index contributed by atoms with van der Waals surface area (Å²) in [4.78, 5) is 24.1. The van der Waals surface area contributed by atoms with E-state index in [1.165, 1.54) is 0 Å². The Bertz CT molecular complexity index is 550. The summed E-state index contributed by atoms with van der Waals surface area (Å²) in [6.45, 7) is 11.7. The monoisotopic (exact) mass is 305 g/mol. The largest absolute Gasteiger partial charge is 0.478 e. The topological polar surface area (TPSA) is 66.4 Å². The normalized spacial score (nSPS) is 13.7. The number of hydrogen-bond acceptors (Lipinski definition) is 3. The second-order valence-corrected chi connectivity index (χ2v) is 7.73. The van der Waals surface area contributed by atoms with Crippen LogP contribution in [0.1, 0.15) is 57.5 Å². The lowest BCUT2D eigenvalue weighted by Gasteiger charge is -2.32. The fourth-order valence-electron chi connectivity index (χ4n) is 2.38. The minimum atomic E-state index is -0.965. The smallest absolute Gasteiger partial charge is 0.335 e. The first-order valence-electron chi connectivity index (χ1n) is 7.55. The van der Waals surface area contributed by atoms with Crippen molar-refractivity contribution in [2.24, 2.45) is 5.41 Å². The number of Topliss-reactive ketones (excluding diaryl/α,β-unsaturated/α-hetero) is 1. The first-order chi connectivity index (χ1) is 9.92. The molecule has 2 N–H and O–H groups in total. The minimum Gasteiger partial charge on any atom is -0.478 e. The first kappa shape index (κ1) is 18.4. The second kappa shape index (κ2) is 6.61. The fraction of sp³-hybridized carbons (Fsp3) is 0.556. The third kappa shape index (κ3) is 5.26. The Kier molecular flexibility index (Phi) is 5.52. The van der Waals surface area contributed by atoms with Crippen molar-refractivity contribution in [1.29, 1.82) is 0 Å². The maximum absolute atomic E-state index is 12.7. The zero-order valence-electron chi connectivity index (χ0n) is 14.4. The van der Waals surface area contributed by atoms with Gasteiger partial charge in [-0.1, -0.05) is 39.0 Å². The molecule has 22 heavy (non-hydrogen) atoms. The highest BCUT2D eigenvalue weighted by atomic mass is 16.4. The number of carboxylic acids is 1. The van der Waals surface area contributed by atoms with Crippen molar-refractivity contribution < 1.29 is 14.7 Å². The molecule has 4 heteroatoms. The van der Waals surface area contributed by atoms with E-state index >= 15 is 0 Å². The third-order valence-corrected chi connectivity index (χ3v) is 3.33. The molecule has 0 saturated carbocycles. The Morgan fingerprint density at radius 3 is 2.09 bits per heavy atom. The average Bonchev–Trinajstić information content (AvgIpc) is 2.34. The molecular weight excluding hydrogens is 278 g/mol. The van der Waals surface area contributed by atoms with E-state index in [0.29, 0.717) is 12.0 Å². The van der Waals surface area contributed by atoms with Crippen LogP contribution in [-0.2, 0) is 11.2 Å². The number of ketones is 1. The van der Waals surface area contributed by atoms with Crippen LogP contribution in [0, 0.1) is 5.41 Å². The molecule has 0 fully saturated rings. The molecule has 0 bridgehead atoms. The highest BCUT2D eigenvalue weighted by Gasteiger charge is 2.32. The maximum Gasteiger partial charge on any atom is 0.335 e. The molecule has 0 saturated heterocycles. The van der Waals surface area contributed by atoms with E-state index in [1.807, 2.05) is 41.5 Å². The Hall–Kier alpha value is -1.68. The van der Waals surface area contributed by atoms with Gasteiger partial charge in [0.2, 0.25) is 0 Å². The van der Waals surface area contributed by atoms with Gasteiger partial charge in [-0.3, -0.25) is 4.79 Å². The van der Waals surface area contributed by atoms with Crippen LogP contribution >= 0.6 is 0 Å². The Morgan fingerprint density at radius 2 is 1.64 bits per heavy atom. The van der Waals surface area contributed by atoms with E-state index < -0.39 is 17.4 Å². The molecule has 4 nitrogen and oxygen atoms in total. The highest BCUT2D eigenvalue weighted by Crippen LogP contribution is 2.22. The zero-order chi connectivity index (χ0) is 17.1. The summed E-state index contributed by atoms with van der Waals surface area (Å²) in [6.07, 6.45) is 0.371. The van der Waals surface area contributed by atoms with Crippen molar-refractivity contribution >= 4 is 11.8 Å². The van der Waals surface area contributed by atoms with Gasteiger partial charge in [-0.2, -0.15) is 0 Å². The van der Waals surface area contributed by atoms with Crippen molar-refractivity contribution in [1.82, 2.24) is 5.32 Å². The highest BCUT2D eigenvalue weighted by molar-refractivity contribution is 5.91. The lowest BCUT2D eigenvalue weighted by Crippen LogP contribution is -2.52. The van der Waals surface area contributed by atoms with E-state index in [2.05, 4.69) is 5.32 Å². The SMILES string of the molecule is CC(C)(C)N[C@@H](Cc1ccccc1C(=O)O)C(=O)C(C)(C)C. The van der Waals surface area contributed by atoms with Crippen molar-refractivity contribution in [2.75, 3.05) is 0 Å². The van der Waals surface area contributed by atoms with Gasteiger partial charge >= 0.3 is 5.97 Å².